The van der Waals surface area contributed by atoms with Crippen LogP contribution in [-0.2, 0) is 6.54 Å². The maximum Gasteiger partial charge on any atom is 0.0762 e. The minimum atomic E-state index is -0.0873. The van der Waals surface area contributed by atoms with E-state index >= 15 is 0 Å². The summed E-state index contributed by atoms with van der Waals surface area (Å²) >= 11 is 0. The van der Waals surface area contributed by atoms with Crippen molar-refractivity contribution < 1.29 is 5.11 Å². The van der Waals surface area contributed by atoms with Crippen LogP contribution in [0.25, 0.3) is 0 Å². The Kier molecular flexibility index (Phi) is 3.07. The number of aliphatic hydroxyl groups is 1. The molecule has 1 aromatic rings. The summed E-state index contributed by atoms with van der Waals surface area (Å²) in [7, 11) is 0. The minimum absolute atomic E-state index is 0.0873. The zero-order valence-electron chi connectivity index (χ0n) is 9.35. The number of aromatic nitrogens is 2. The molecule has 0 unspecified atom stereocenters. The van der Waals surface area contributed by atoms with Gasteiger partial charge in [-0.15, -0.1) is 0 Å². The van der Waals surface area contributed by atoms with Crippen LogP contribution < -0.4 is 5.32 Å². The first kappa shape index (κ1) is 10.6. The molecule has 0 spiro atoms. The highest BCUT2D eigenvalue weighted by molar-refractivity contribution is 5.00. The van der Waals surface area contributed by atoms with Gasteiger partial charge in [-0.1, -0.05) is 0 Å². The van der Waals surface area contributed by atoms with Gasteiger partial charge in [-0.05, 0) is 32.8 Å². The number of rotatable bonds is 4. The van der Waals surface area contributed by atoms with E-state index in [1.807, 2.05) is 16.9 Å². The summed E-state index contributed by atoms with van der Waals surface area (Å²) in [5.74, 6) is 0. The normalized spacial score (nSPS) is 25.6. The number of nitrogens with zero attached hydrogens (tertiary/aromatic N) is 2. The zero-order chi connectivity index (χ0) is 10.8. The molecule has 84 valence electrons. The van der Waals surface area contributed by atoms with Crippen LogP contribution in [0.1, 0.15) is 38.4 Å². The zero-order valence-corrected chi connectivity index (χ0v) is 9.35. The predicted molar refractivity (Wildman–Crippen MR) is 58.5 cm³/mol. The fourth-order valence-corrected chi connectivity index (χ4v) is 1.76. The molecule has 2 N–H and O–H groups in total. The van der Waals surface area contributed by atoms with E-state index in [0.717, 1.165) is 25.1 Å². The van der Waals surface area contributed by atoms with Crippen molar-refractivity contribution in [2.75, 3.05) is 0 Å². The van der Waals surface area contributed by atoms with Gasteiger partial charge in [-0.25, -0.2) is 0 Å². The second kappa shape index (κ2) is 4.33. The van der Waals surface area contributed by atoms with E-state index < -0.39 is 0 Å². The van der Waals surface area contributed by atoms with Gasteiger partial charge in [0.05, 0.1) is 11.8 Å². The minimum Gasteiger partial charge on any atom is -0.393 e. The summed E-state index contributed by atoms with van der Waals surface area (Å²) in [4.78, 5) is 0. The van der Waals surface area contributed by atoms with Crippen LogP contribution >= 0.6 is 0 Å². The van der Waals surface area contributed by atoms with Crippen LogP contribution in [0.5, 0.6) is 0 Å². The van der Waals surface area contributed by atoms with Crippen molar-refractivity contribution in [1.82, 2.24) is 15.1 Å². The molecule has 0 amide bonds. The van der Waals surface area contributed by atoms with Crippen LogP contribution in [0.15, 0.2) is 12.3 Å². The fourth-order valence-electron chi connectivity index (χ4n) is 1.76. The van der Waals surface area contributed by atoms with Gasteiger partial charge in [0.2, 0.25) is 0 Å². The Labute approximate surface area is 90.3 Å². The Hall–Kier alpha value is -0.870. The van der Waals surface area contributed by atoms with Gasteiger partial charge in [0.25, 0.3) is 0 Å². The van der Waals surface area contributed by atoms with E-state index in [1.165, 1.54) is 0 Å². The molecule has 4 nitrogen and oxygen atoms in total. The molecule has 1 aliphatic carbocycles. The Morgan fingerprint density at radius 1 is 1.60 bits per heavy atom. The second-order valence-electron chi connectivity index (χ2n) is 4.58. The standard InChI is InChI=1S/C11H19N3O/c1-8(2)14-4-3-9(13-14)7-12-10-5-11(15)6-10/h3-4,8,10-12,15H,5-7H2,1-2H3. The van der Waals surface area contributed by atoms with Gasteiger partial charge in [-0.3, -0.25) is 4.68 Å². The van der Waals surface area contributed by atoms with Crippen molar-refractivity contribution in [2.24, 2.45) is 0 Å². The highest BCUT2D eigenvalue weighted by atomic mass is 16.3. The van der Waals surface area contributed by atoms with Gasteiger partial charge in [-0.2, -0.15) is 5.10 Å². The molecular weight excluding hydrogens is 190 g/mol. The van der Waals surface area contributed by atoms with Crippen molar-refractivity contribution in [3.8, 4) is 0 Å². The highest BCUT2D eigenvalue weighted by Crippen LogP contribution is 2.19. The summed E-state index contributed by atoms with van der Waals surface area (Å²) in [5.41, 5.74) is 1.07. The quantitative estimate of drug-likeness (QED) is 0.780. The third-order valence-electron chi connectivity index (χ3n) is 2.88. The smallest absolute Gasteiger partial charge is 0.0762 e. The molecule has 1 saturated carbocycles. The first-order valence-electron chi connectivity index (χ1n) is 5.60. The predicted octanol–water partition coefficient (Wildman–Crippen LogP) is 1.08. The van der Waals surface area contributed by atoms with Crippen LogP contribution in [0.2, 0.25) is 0 Å². The average molecular weight is 209 g/mol. The van der Waals surface area contributed by atoms with Gasteiger partial charge >= 0.3 is 0 Å². The average Bonchev–Trinajstić information content (AvgIpc) is 2.59. The number of hydrogen-bond donors (Lipinski definition) is 2. The molecule has 4 heteroatoms. The van der Waals surface area contributed by atoms with E-state index in [0.29, 0.717) is 12.1 Å². The molecule has 0 saturated heterocycles. The SMILES string of the molecule is CC(C)n1ccc(CNC2CC(O)C2)n1. The summed E-state index contributed by atoms with van der Waals surface area (Å²) in [6.07, 6.45) is 3.68. The van der Waals surface area contributed by atoms with Gasteiger partial charge in [0.15, 0.2) is 0 Å². The number of nitrogens with one attached hydrogen (secondary N) is 1. The molecule has 0 radical (unpaired) electrons. The molecule has 0 aromatic carbocycles. The lowest BCUT2D eigenvalue weighted by Crippen LogP contribution is -2.43. The topological polar surface area (TPSA) is 50.1 Å². The van der Waals surface area contributed by atoms with E-state index in [2.05, 4.69) is 24.3 Å². The van der Waals surface area contributed by atoms with Crippen molar-refractivity contribution in [3.63, 3.8) is 0 Å². The fraction of sp³-hybridized carbons (Fsp3) is 0.727. The lowest BCUT2D eigenvalue weighted by Gasteiger charge is -2.31. The lowest BCUT2D eigenvalue weighted by atomic mass is 9.89. The summed E-state index contributed by atoms with van der Waals surface area (Å²) in [5, 5.41) is 17.0. The summed E-state index contributed by atoms with van der Waals surface area (Å²) < 4.78 is 1.96. The largest absolute Gasteiger partial charge is 0.393 e. The Balaban J connectivity index is 1.78. The maximum absolute atomic E-state index is 9.13. The molecular formula is C11H19N3O. The third-order valence-corrected chi connectivity index (χ3v) is 2.88. The van der Waals surface area contributed by atoms with E-state index in [1.54, 1.807) is 0 Å². The van der Waals surface area contributed by atoms with Crippen molar-refractivity contribution in [3.05, 3.63) is 18.0 Å². The maximum atomic E-state index is 9.13. The van der Waals surface area contributed by atoms with Crippen LogP contribution in [0.3, 0.4) is 0 Å². The Morgan fingerprint density at radius 3 is 2.87 bits per heavy atom. The Bertz CT molecular complexity index is 315. The molecule has 0 aliphatic heterocycles. The molecule has 1 heterocycles. The molecule has 0 atom stereocenters. The molecule has 2 rings (SSSR count). The van der Waals surface area contributed by atoms with Crippen LogP contribution in [0.4, 0.5) is 0 Å². The summed E-state index contributed by atoms with van der Waals surface area (Å²) in [6, 6.07) is 2.94. The van der Waals surface area contributed by atoms with Crippen molar-refractivity contribution in [1.29, 1.82) is 0 Å². The highest BCUT2D eigenvalue weighted by Gasteiger charge is 2.26. The molecule has 0 bridgehead atoms. The van der Waals surface area contributed by atoms with Crippen LogP contribution in [-0.4, -0.2) is 27.0 Å². The molecule has 1 aliphatic rings. The van der Waals surface area contributed by atoms with Crippen molar-refractivity contribution in [2.45, 2.75) is 51.4 Å². The van der Waals surface area contributed by atoms with Gasteiger partial charge in [0, 0.05) is 24.8 Å². The van der Waals surface area contributed by atoms with Gasteiger partial charge < -0.3 is 10.4 Å². The van der Waals surface area contributed by atoms with E-state index in [-0.39, 0.29) is 6.10 Å². The first-order valence-corrected chi connectivity index (χ1v) is 5.60. The monoisotopic (exact) mass is 209 g/mol. The van der Waals surface area contributed by atoms with Crippen molar-refractivity contribution >= 4 is 0 Å². The lowest BCUT2D eigenvalue weighted by molar-refractivity contribution is 0.0618. The van der Waals surface area contributed by atoms with Crippen LogP contribution in [0, 0.1) is 0 Å². The number of hydrogen-bond acceptors (Lipinski definition) is 3. The summed E-state index contributed by atoms with van der Waals surface area (Å²) in [6.45, 7) is 5.04. The molecule has 15 heavy (non-hydrogen) atoms. The second-order valence-corrected chi connectivity index (χ2v) is 4.58. The number of aliphatic hydroxyl groups excluding tert-OH is 1. The first-order chi connectivity index (χ1) is 7.15. The third kappa shape index (κ3) is 2.58. The molecule has 1 fully saturated rings. The molecule has 1 aromatic heterocycles. The Morgan fingerprint density at radius 2 is 2.33 bits per heavy atom. The van der Waals surface area contributed by atoms with Gasteiger partial charge in [0.1, 0.15) is 0 Å². The van der Waals surface area contributed by atoms with E-state index in [9.17, 15) is 0 Å². The van der Waals surface area contributed by atoms with E-state index in [4.69, 9.17) is 5.11 Å².